The van der Waals surface area contributed by atoms with E-state index in [0.29, 0.717) is 35.2 Å². The fourth-order valence-electron chi connectivity index (χ4n) is 2.89. The number of rotatable bonds is 11. The maximum atomic E-state index is 13.1. The number of ether oxygens (including phenoxy) is 2. The molecule has 0 unspecified atom stereocenters. The van der Waals surface area contributed by atoms with Crippen molar-refractivity contribution in [2.45, 2.75) is 13.8 Å². The van der Waals surface area contributed by atoms with Gasteiger partial charge in [0.1, 0.15) is 21.7 Å². The van der Waals surface area contributed by atoms with Crippen LogP contribution in [0.3, 0.4) is 0 Å². The van der Waals surface area contributed by atoms with Crippen LogP contribution >= 0.6 is 11.3 Å². The minimum absolute atomic E-state index is 0.263. The Morgan fingerprint density at radius 3 is 2.23 bits per heavy atom. The Bertz CT molecular complexity index is 932. The first kappa shape index (κ1) is 24.3. The second-order valence-electron chi connectivity index (χ2n) is 6.74. The van der Waals surface area contributed by atoms with E-state index in [1.54, 1.807) is 31.3 Å². The molecule has 9 nitrogen and oxygen atoms in total. The molecule has 0 fully saturated rings. The van der Waals surface area contributed by atoms with Gasteiger partial charge in [0.25, 0.3) is 0 Å². The maximum Gasteiger partial charge on any atom is 0.244 e. The first-order valence-electron chi connectivity index (χ1n) is 9.61. The van der Waals surface area contributed by atoms with Crippen LogP contribution in [0.2, 0.25) is 0 Å². The van der Waals surface area contributed by atoms with Crippen LogP contribution < -0.4 is 14.4 Å². The van der Waals surface area contributed by atoms with Gasteiger partial charge in [0.2, 0.25) is 15.9 Å². The molecule has 2 aromatic rings. The van der Waals surface area contributed by atoms with Crippen molar-refractivity contribution in [2.24, 2.45) is 0 Å². The molecule has 0 radical (unpaired) electrons. The van der Waals surface area contributed by atoms with Crippen molar-refractivity contribution < 1.29 is 22.7 Å². The first-order chi connectivity index (χ1) is 14.2. The molecule has 0 N–H and O–H groups in total. The number of sulfonamides is 1. The summed E-state index contributed by atoms with van der Waals surface area (Å²) in [5.74, 6) is 0.878. The Labute approximate surface area is 182 Å². The molecule has 0 aliphatic rings. The quantitative estimate of drug-likeness (QED) is 0.508. The van der Waals surface area contributed by atoms with Gasteiger partial charge in [0, 0.05) is 20.1 Å². The summed E-state index contributed by atoms with van der Waals surface area (Å²) in [6.45, 7) is 6.59. The van der Waals surface area contributed by atoms with Gasteiger partial charge in [0.15, 0.2) is 5.13 Å². The van der Waals surface area contributed by atoms with Crippen molar-refractivity contribution in [3.63, 3.8) is 0 Å². The number of hydrogen-bond donors (Lipinski definition) is 0. The van der Waals surface area contributed by atoms with Gasteiger partial charge < -0.3 is 14.4 Å². The number of carbonyl (C=O) groups excluding carboxylic acids is 1. The molecule has 0 bridgehead atoms. The molecule has 11 heteroatoms. The standard InChI is InChI=1S/C19H30N4O5S2/c1-7-22(8-2)11-12-23(16(24)13-21(3)30(6,25)26)19-20-17-14(27-4)9-10-15(28-5)18(17)29-19/h9-10H,7-8,11-13H2,1-6H3. The Balaban J connectivity index is 2.46. The van der Waals surface area contributed by atoms with Gasteiger partial charge in [-0.2, -0.15) is 4.31 Å². The number of thiazole rings is 1. The van der Waals surface area contributed by atoms with Gasteiger partial charge in [0.05, 0.1) is 27.0 Å². The van der Waals surface area contributed by atoms with Crippen LogP contribution in [0.4, 0.5) is 5.13 Å². The molecule has 0 aliphatic carbocycles. The summed E-state index contributed by atoms with van der Waals surface area (Å²) >= 11 is 1.32. The van der Waals surface area contributed by atoms with Gasteiger partial charge in [-0.05, 0) is 25.2 Å². The predicted octanol–water partition coefficient (Wildman–Crippen LogP) is 1.88. The number of carbonyl (C=O) groups is 1. The zero-order chi connectivity index (χ0) is 22.5. The van der Waals surface area contributed by atoms with Gasteiger partial charge >= 0.3 is 0 Å². The van der Waals surface area contributed by atoms with E-state index in [0.717, 1.165) is 28.4 Å². The van der Waals surface area contributed by atoms with Crippen LogP contribution in [-0.4, -0.2) is 88.8 Å². The first-order valence-corrected chi connectivity index (χ1v) is 12.3. The van der Waals surface area contributed by atoms with Crippen LogP contribution in [0.1, 0.15) is 13.8 Å². The van der Waals surface area contributed by atoms with Crippen molar-refractivity contribution in [1.29, 1.82) is 0 Å². The highest BCUT2D eigenvalue weighted by atomic mass is 32.2. The van der Waals surface area contributed by atoms with E-state index in [1.165, 1.54) is 18.4 Å². The lowest BCUT2D eigenvalue weighted by Crippen LogP contribution is -2.44. The van der Waals surface area contributed by atoms with Gasteiger partial charge in [-0.15, -0.1) is 0 Å². The highest BCUT2D eigenvalue weighted by molar-refractivity contribution is 7.88. The second kappa shape index (κ2) is 10.4. The molecule has 1 amide bonds. The molecule has 1 aromatic heterocycles. The topological polar surface area (TPSA) is 92.3 Å². The van der Waals surface area contributed by atoms with Crippen LogP contribution in [0, 0.1) is 0 Å². The van der Waals surface area contributed by atoms with Crippen molar-refractivity contribution in [3.8, 4) is 11.5 Å². The molecule has 2 rings (SSSR count). The highest BCUT2D eigenvalue weighted by Crippen LogP contribution is 2.40. The summed E-state index contributed by atoms with van der Waals surface area (Å²) in [5, 5.41) is 0.479. The minimum Gasteiger partial charge on any atom is -0.495 e. The summed E-state index contributed by atoms with van der Waals surface area (Å²) in [6, 6.07) is 3.56. The number of nitrogens with zero attached hydrogens (tertiary/aromatic N) is 4. The lowest BCUT2D eigenvalue weighted by molar-refractivity contribution is -0.118. The molecule has 0 spiro atoms. The number of methoxy groups -OCH3 is 2. The third kappa shape index (κ3) is 5.60. The lowest BCUT2D eigenvalue weighted by atomic mass is 10.3. The van der Waals surface area contributed by atoms with E-state index in [9.17, 15) is 13.2 Å². The molecule has 1 heterocycles. The average Bonchev–Trinajstić information content (AvgIpc) is 3.14. The average molecular weight is 459 g/mol. The third-order valence-corrected chi connectivity index (χ3v) is 7.24. The molecular weight excluding hydrogens is 428 g/mol. The fourth-order valence-corrected chi connectivity index (χ4v) is 4.35. The summed E-state index contributed by atoms with van der Waals surface area (Å²) < 4.78 is 36.2. The van der Waals surface area contributed by atoms with Crippen molar-refractivity contribution in [1.82, 2.24) is 14.2 Å². The number of likely N-dealkylation sites (N-methyl/N-ethyl adjacent to an activating group) is 2. The summed E-state index contributed by atoms with van der Waals surface area (Å²) in [6.07, 6.45) is 1.08. The molecule has 30 heavy (non-hydrogen) atoms. The van der Waals surface area contributed by atoms with Crippen molar-refractivity contribution >= 4 is 42.6 Å². The van der Waals surface area contributed by atoms with E-state index < -0.39 is 10.0 Å². The number of hydrogen-bond acceptors (Lipinski definition) is 8. The molecule has 0 atom stereocenters. The number of anilines is 1. The largest absolute Gasteiger partial charge is 0.495 e. The zero-order valence-corrected chi connectivity index (χ0v) is 20.0. The number of benzene rings is 1. The number of amides is 1. The monoisotopic (exact) mass is 458 g/mol. The Morgan fingerprint density at radius 1 is 1.10 bits per heavy atom. The Morgan fingerprint density at radius 2 is 1.70 bits per heavy atom. The van der Waals surface area contributed by atoms with Gasteiger partial charge in [-0.3, -0.25) is 9.69 Å². The maximum absolute atomic E-state index is 13.1. The fraction of sp³-hybridized carbons (Fsp3) is 0.579. The second-order valence-corrected chi connectivity index (χ2v) is 9.80. The summed E-state index contributed by atoms with van der Waals surface area (Å²) in [5.41, 5.74) is 0.606. The Hall–Kier alpha value is -1.95. The van der Waals surface area contributed by atoms with E-state index in [4.69, 9.17) is 9.47 Å². The number of aromatic nitrogens is 1. The highest BCUT2D eigenvalue weighted by Gasteiger charge is 2.25. The van der Waals surface area contributed by atoms with Gasteiger partial charge in [-0.1, -0.05) is 25.2 Å². The summed E-state index contributed by atoms with van der Waals surface area (Å²) in [4.78, 5) is 21.5. The summed E-state index contributed by atoms with van der Waals surface area (Å²) in [7, 11) is 1.04. The van der Waals surface area contributed by atoms with Crippen molar-refractivity contribution in [3.05, 3.63) is 12.1 Å². The lowest BCUT2D eigenvalue weighted by Gasteiger charge is -2.26. The third-order valence-electron chi connectivity index (χ3n) is 4.89. The van der Waals surface area contributed by atoms with Gasteiger partial charge in [-0.25, -0.2) is 13.4 Å². The van der Waals surface area contributed by atoms with Crippen molar-refractivity contribution in [2.75, 3.05) is 65.1 Å². The van der Waals surface area contributed by atoms with Crippen LogP contribution in [0.15, 0.2) is 12.1 Å². The molecule has 0 aliphatic heterocycles. The van der Waals surface area contributed by atoms with E-state index in [2.05, 4.69) is 23.7 Å². The van der Waals surface area contributed by atoms with Crippen LogP contribution in [-0.2, 0) is 14.8 Å². The molecular formula is C19H30N4O5S2. The smallest absolute Gasteiger partial charge is 0.244 e. The van der Waals surface area contributed by atoms with Crippen LogP contribution in [0.25, 0.3) is 10.2 Å². The molecule has 0 saturated heterocycles. The molecule has 168 valence electrons. The minimum atomic E-state index is -3.48. The van der Waals surface area contributed by atoms with Crippen LogP contribution in [0.5, 0.6) is 11.5 Å². The predicted molar refractivity (Wildman–Crippen MR) is 120 cm³/mol. The molecule has 1 aromatic carbocycles. The molecule has 0 saturated carbocycles. The zero-order valence-electron chi connectivity index (χ0n) is 18.3. The van der Waals surface area contributed by atoms with E-state index >= 15 is 0 Å². The normalized spacial score (nSPS) is 12.0. The number of fused-ring (bicyclic) bond motifs is 1. The van der Waals surface area contributed by atoms with E-state index in [-0.39, 0.29) is 12.5 Å². The van der Waals surface area contributed by atoms with E-state index in [1.807, 2.05) is 0 Å². The Kier molecular flexibility index (Phi) is 8.42. The SMILES string of the molecule is CCN(CC)CCN(C(=O)CN(C)S(C)(=O)=O)c1nc2c(OC)ccc(OC)c2s1.